The Labute approximate surface area is 212 Å². The molecule has 9 heteroatoms. The predicted octanol–water partition coefficient (Wildman–Crippen LogP) is 1.19. The van der Waals surface area contributed by atoms with Crippen LogP contribution in [0.15, 0.2) is 24.3 Å². The first-order valence-electron chi connectivity index (χ1n) is 13.5. The van der Waals surface area contributed by atoms with Crippen molar-refractivity contribution in [2.75, 3.05) is 50.8 Å². The largest absolute Gasteiger partial charge is 0.388 e. The van der Waals surface area contributed by atoms with Gasteiger partial charge in [0.2, 0.25) is 5.91 Å². The lowest BCUT2D eigenvalue weighted by atomic mass is 9.80. The summed E-state index contributed by atoms with van der Waals surface area (Å²) in [7, 11) is 0. The molecule has 1 saturated carbocycles. The van der Waals surface area contributed by atoms with E-state index in [0.717, 1.165) is 64.1 Å². The maximum Gasteiger partial charge on any atom is 0.252 e. The Hall–Kier alpha value is -2.49. The van der Waals surface area contributed by atoms with Crippen LogP contribution in [0.25, 0.3) is 0 Å². The molecule has 4 aliphatic rings. The van der Waals surface area contributed by atoms with Gasteiger partial charge in [-0.05, 0) is 50.1 Å². The predicted molar refractivity (Wildman–Crippen MR) is 135 cm³/mol. The zero-order chi connectivity index (χ0) is 25.3. The number of ketones is 1. The van der Waals surface area contributed by atoms with Crippen molar-refractivity contribution in [1.29, 1.82) is 0 Å². The summed E-state index contributed by atoms with van der Waals surface area (Å²) >= 11 is 0. The number of Topliss-reactive ketones (excluding diaryl/α,β-unsaturated/α-hetero) is 1. The second-order valence-electron chi connectivity index (χ2n) is 10.7. The average Bonchev–Trinajstić information content (AvgIpc) is 3.45. The van der Waals surface area contributed by atoms with Crippen LogP contribution in [-0.2, 0) is 14.3 Å². The molecule has 1 aliphatic carbocycles. The van der Waals surface area contributed by atoms with Crippen molar-refractivity contribution in [2.45, 2.75) is 69.2 Å². The Morgan fingerprint density at radius 2 is 1.78 bits per heavy atom. The van der Waals surface area contributed by atoms with Crippen molar-refractivity contribution in [2.24, 2.45) is 0 Å². The highest BCUT2D eigenvalue weighted by atomic mass is 16.5. The molecule has 3 heterocycles. The number of β-amino-alcohol motifs (C(OH)–C–C–N with tert-alkyl or cyclic N) is 1. The number of hydrogen-bond acceptors (Lipinski definition) is 7. The van der Waals surface area contributed by atoms with E-state index in [1.54, 1.807) is 0 Å². The van der Waals surface area contributed by atoms with Crippen LogP contribution in [0.2, 0.25) is 0 Å². The van der Waals surface area contributed by atoms with Crippen LogP contribution < -0.4 is 10.2 Å². The summed E-state index contributed by atoms with van der Waals surface area (Å²) < 4.78 is 5.44. The third kappa shape index (κ3) is 4.76. The van der Waals surface area contributed by atoms with Crippen LogP contribution >= 0.6 is 0 Å². The summed E-state index contributed by atoms with van der Waals surface area (Å²) in [6.07, 6.45) is 3.30. The van der Waals surface area contributed by atoms with E-state index in [9.17, 15) is 19.5 Å². The van der Waals surface area contributed by atoms with E-state index in [1.165, 1.54) is 4.90 Å². The molecule has 2 N–H and O–H groups in total. The number of anilines is 1. The number of carbonyl (C=O) groups excluding carboxylic acids is 3. The van der Waals surface area contributed by atoms with Gasteiger partial charge in [-0.2, -0.15) is 0 Å². The Bertz CT molecular complexity index is 969. The fourth-order valence-electron chi connectivity index (χ4n) is 6.32. The number of aliphatic hydroxyl groups is 1. The summed E-state index contributed by atoms with van der Waals surface area (Å²) in [4.78, 5) is 45.9. The smallest absolute Gasteiger partial charge is 0.252 e. The second kappa shape index (κ2) is 10.5. The zero-order valence-corrected chi connectivity index (χ0v) is 21.2. The quantitative estimate of drug-likeness (QED) is 0.608. The molecule has 196 valence electrons. The zero-order valence-electron chi connectivity index (χ0n) is 21.2. The molecule has 1 aromatic rings. The Kier molecular flexibility index (Phi) is 7.32. The summed E-state index contributed by atoms with van der Waals surface area (Å²) in [6, 6.07) is 6.85. The third-order valence-electron chi connectivity index (χ3n) is 8.29. The van der Waals surface area contributed by atoms with E-state index in [2.05, 4.69) is 22.0 Å². The van der Waals surface area contributed by atoms with Gasteiger partial charge in [-0.25, -0.2) is 0 Å². The van der Waals surface area contributed by atoms with Crippen molar-refractivity contribution in [3.63, 3.8) is 0 Å². The highest BCUT2D eigenvalue weighted by molar-refractivity contribution is 6.01. The summed E-state index contributed by atoms with van der Waals surface area (Å²) in [5, 5.41) is 13.5. The third-order valence-corrected chi connectivity index (χ3v) is 8.29. The van der Waals surface area contributed by atoms with Gasteiger partial charge in [-0.3, -0.25) is 19.3 Å². The molecule has 0 spiro atoms. The van der Waals surface area contributed by atoms with E-state index in [-0.39, 0.29) is 30.7 Å². The van der Waals surface area contributed by atoms with Gasteiger partial charge < -0.3 is 25.0 Å². The van der Waals surface area contributed by atoms with Gasteiger partial charge in [-0.1, -0.05) is 26.2 Å². The number of fused-ring (bicyclic) bond motifs is 1. The molecule has 0 bridgehead atoms. The van der Waals surface area contributed by atoms with E-state index in [4.69, 9.17) is 4.74 Å². The molecule has 3 atom stereocenters. The number of nitrogens with zero attached hydrogens (tertiary/aromatic N) is 3. The molecule has 1 aromatic carbocycles. The minimum atomic E-state index is -1.07. The maximum atomic E-state index is 13.8. The summed E-state index contributed by atoms with van der Waals surface area (Å²) in [5.41, 5.74) is 0.546. The van der Waals surface area contributed by atoms with Crippen LogP contribution in [0.4, 0.5) is 5.69 Å². The second-order valence-corrected chi connectivity index (χ2v) is 10.7. The average molecular weight is 499 g/mol. The first-order chi connectivity index (χ1) is 17.4. The van der Waals surface area contributed by atoms with Gasteiger partial charge in [0, 0.05) is 37.4 Å². The number of piperazine rings is 1. The molecule has 0 aromatic heterocycles. The van der Waals surface area contributed by atoms with E-state index < -0.39 is 23.8 Å². The fraction of sp³-hybridized carbons (Fsp3) is 0.667. The maximum absolute atomic E-state index is 13.8. The number of amides is 2. The molecule has 3 saturated heterocycles. The van der Waals surface area contributed by atoms with Crippen LogP contribution in [0.1, 0.15) is 55.8 Å². The van der Waals surface area contributed by atoms with Crippen molar-refractivity contribution in [1.82, 2.24) is 15.1 Å². The highest BCUT2D eigenvalue weighted by Crippen LogP contribution is 2.35. The van der Waals surface area contributed by atoms with E-state index in [0.29, 0.717) is 18.4 Å². The fourth-order valence-corrected chi connectivity index (χ4v) is 6.32. The number of aliphatic hydroxyl groups excluding tert-OH is 1. The van der Waals surface area contributed by atoms with Crippen LogP contribution in [0, 0.1) is 0 Å². The highest BCUT2D eigenvalue weighted by Gasteiger charge is 2.55. The van der Waals surface area contributed by atoms with Crippen molar-refractivity contribution in [3.05, 3.63) is 29.8 Å². The minimum Gasteiger partial charge on any atom is -0.388 e. The lowest BCUT2D eigenvalue weighted by Gasteiger charge is -2.40. The van der Waals surface area contributed by atoms with Gasteiger partial charge in [0.05, 0.1) is 6.54 Å². The summed E-state index contributed by atoms with van der Waals surface area (Å²) in [6.45, 7) is 7.32. The topological polar surface area (TPSA) is 102 Å². The standard InChI is InChI=1S/C27H38N4O5/c1-2-12-29-13-15-30(16-14-29)20-8-6-19(7-9-20)25(34)28-27(10-4-3-5-11-27)26(35)31-17-21(32)24-23(31)22(33)18-36-24/h6-9,21,23-24,32H,2-5,10-18H2,1H3,(H,28,34)/t21-,23+,24+/m0/s1. The first kappa shape index (κ1) is 25.2. The number of carbonyl (C=O) groups is 3. The molecule has 5 rings (SSSR count). The molecule has 4 fully saturated rings. The molecular formula is C27H38N4O5. The number of ether oxygens (including phenoxy) is 1. The molecule has 3 aliphatic heterocycles. The van der Waals surface area contributed by atoms with Crippen LogP contribution in [0.3, 0.4) is 0 Å². The lowest BCUT2D eigenvalue weighted by molar-refractivity contribution is -0.143. The van der Waals surface area contributed by atoms with Crippen molar-refractivity contribution >= 4 is 23.3 Å². The lowest BCUT2D eigenvalue weighted by Crippen LogP contribution is -2.62. The van der Waals surface area contributed by atoms with Crippen LogP contribution in [-0.4, -0.2) is 102 Å². The van der Waals surface area contributed by atoms with Gasteiger partial charge in [0.15, 0.2) is 5.78 Å². The molecule has 2 amide bonds. The van der Waals surface area contributed by atoms with Gasteiger partial charge in [0.1, 0.15) is 30.4 Å². The SMILES string of the molecule is CCCN1CCN(c2ccc(C(=O)NC3(C(=O)N4C[C@H](O)[C@H]5OCC(=O)[C@H]54)CCCCC3)cc2)CC1. The molecule has 9 nitrogen and oxygen atoms in total. The number of likely N-dealkylation sites (tertiary alicyclic amines) is 1. The van der Waals surface area contributed by atoms with Crippen molar-refractivity contribution < 1.29 is 24.2 Å². The number of hydrogen-bond donors (Lipinski definition) is 2. The van der Waals surface area contributed by atoms with E-state index >= 15 is 0 Å². The van der Waals surface area contributed by atoms with Crippen LogP contribution in [0.5, 0.6) is 0 Å². The van der Waals surface area contributed by atoms with Crippen molar-refractivity contribution in [3.8, 4) is 0 Å². The van der Waals surface area contributed by atoms with E-state index in [1.807, 2.05) is 24.3 Å². The number of rotatable bonds is 6. The Morgan fingerprint density at radius 3 is 2.44 bits per heavy atom. The Balaban J connectivity index is 1.28. The normalized spacial score (nSPS) is 28.3. The van der Waals surface area contributed by atoms with Gasteiger partial charge >= 0.3 is 0 Å². The first-order valence-corrected chi connectivity index (χ1v) is 13.5. The molecule has 0 radical (unpaired) electrons. The Morgan fingerprint density at radius 1 is 1.08 bits per heavy atom. The number of benzene rings is 1. The molecule has 36 heavy (non-hydrogen) atoms. The minimum absolute atomic E-state index is 0.0533. The summed E-state index contributed by atoms with van der Waals surface area (Å²) in [5.74, 6) is -0.745. The van der Waals surface area contributed by atoms with Gasteiger partial charge in [-0.15, -0.1) is 0 Å². The molecule has 0 unspecified atom stereocenters. The molecular weight excluding hydrogens is 460 g/mol. The number of nitrogens with one attached hydrogen (secondary N) is 1. The van der Waals surface area contributed by atoms with Gasteiger partial charge in [0.25, 0.3) is 5.91 Å². The monoisotopic (exact) mass is 498 g/mol.